The van der Waals surface area contributed by atoms with E-state index in [4.69, 9.17) is 0 Å². The number of nitrogens with zero attached hydrogens (tertiary/aromatic N) is 3. The standard InChI is InChI=1S/C13H22N4/c1-4-17-7-5-6-12(17)8-15-13-9-14-10(2)11(3)16-13/h9,12H,4-8H2,1-3H3,(H,15,16). The molecule has 0 aliphatic carbocycles. The first-order chi connectivity index (χ1) is 8.20. The summed E-state index contributed by atoms with van der Waals surface area (Å²) in [6.45, 7) is 9.58. The maximum Gasteiger partial charge on any atom is 0.144 e. The molecule has 0 bridgehead atoms. The zero-order valence-electron chi connectivity index (χ0n) is 11.0. The molecule has 2 heterocycles. The third kappa shape index (κ3) is 2.94. The van der Waals surface area contributed by atoms with Crippen molar-refractivity contribution in [2.75, 3.05) is 25.0 Å². The predicted octanol–water partition coefficient (Wildman–Crippen LogP) is 1.99. The van der Waals surface area contributed by atoms with Gasteiger partial charge >= 0.3 is 0 Å². The number of likely N-dealkylation sites (tertiary alicyclic amines) is 1. The van der Waals surface area contributed by atoms with E-state index in [0.29, 0.717) is 6.04 Å². The quantitative estimate of drug-likeness (QED) is 0.865. The number of aryl methyl sites for hydroxylation is 2. The smallest absolute Gasteiger partial charge is 0.144 e. The van der Waals surface area contributed by atoms with E-state index in [0.717, 1.165) is 30.3 Å². The molecule has 4 nitrogen and oxygen atoms in total. The van der Waals surface area contributed by atoms with Crippen LogP contribution in [-0.2, 0) is 0 Å². The second kappa shape index (κ2) is 5.45. The largest absolute Gasteiger partial charge is 0.367 e. The molecule has 0 aromatic carbocycles. The molecule has 1 N–H and O–H groups in total. The van der Waals surface area contributed by atoms with Crippen LogP contribution < -0.4 is 5.32 Å². The van der Waals surface area contributed by atoms with Gasteiger partial charge in [0.05, 0.1) is 17.6 Å². The minimum Gasteiger partial charge on any atom is -0.367 e. The summed E-state index contributed by atoms with van der Waals surface area (Å²) in [4.78, 5) is 11.3. The van der Waals surface area contributed by atoms with Gasteiger partial charge in [0, 0.05) is 12.6 Å². The Morgan fingerprint density at radius 3 is 2.94 bits per heavy atom. The van der Waals surface area contributed by atoms with Crippen LogP contribution in [0.3, 0.4) is 0 Å². The summed E-state index contributed by atoms with van der Waals surface area (Å²) in [6, 6.07) is 0.656. The maximum atomic E-state index is 4.49. The van der Waals surface area contributed by atoms with E-state index in [1.54, 1.807) is 0 Å². The Balaban J connectivity index is 1.91. The summed E-state index contributed by atoms with van der Waals surface area (Å²) in [7, 11) is 0. The van der Waals surface area contributed by atoms with Gasteiger partial charge in [0.15, 0.2) is 0 Å². The Labute approximate surface area is 103 Å². The number of aromatic nitrogens is 2. The van der Waals surface area contributed by atoms with Crippen molar-refractivity contribution in [2.45, 2.75) is 39.7 Å². The summed E-state index contributed by atoms with van der Waals surface area (Å²) in [5.41, 5.74) is 2.01. The van der Waals surface area contributed by atoms with Gasteiger partial charge in [-0.1, -0.05) is 6.92 Å². The van der Waals surface area contributed by atoms with Crippen molar-refractivity contribution < 1.29 is 0 Å². The number of anilines is 1. The second-order valence-corrected chi connectivity index (χ2v) is 4.73. The lowest BCUT2D eigenvalue weighted by atomic mass is 10.2. The fourth-order valence-corrected chi connectivity index (χ4v) is 2.39. The Kier molecular flexibility index (Phi) is 3.94. The van der Waals surface area contributed by atoms with Crippen molar-refractivity contribution in [1.29, 1.82) is 0 Å². The summed E-state index contributed by atoms with van der Waals surface area (Å²) in [5.74, 6) is 0.899. The first-order valence-corrected chi connectivity index (χ1v) is 6.49. The zero-order valence-corrected chi connectivity index (χ0v) is 11.0. The topological polar surface area (TPSA) is 41.0 Å². The zero-order chi connectivity index (χ0) is 12.3. The van der Waals surface area contributed by atoms with Crippen LogP contribution in [0.2, 0.25) is 0 Å². The van der Waals surface area contributed by atoms with Crippen LogP contribution in [0.15, 0.2) is 6.20 Å². The normalized spacial score (nSPS) is 20.8. The molecule has 0 amide bonds. The molecule has 1 aliphatic heterocycles. The van der Waals surface area contributed by atoms with E-state index in [-0.39, 0.29) is 0 Å². The SMILES string of the molecule is CCN1CCCC1CNc1cnc(C)c(C)n1. The van der Waals surface area contributed by atoms with Gasteiger partial charge in [-0.15, -0.1) is 0 Å². The lowest BCUT2D eigenvalue weighted by Crippen LogP contribution is -2.34. The highest BCUT2D eigenvalue weighted by molar-refractivity contribution is 5.33. The first kappa shape index (κ1) is 12.3. The Bertz CT molecular complexity index is 378. The molecule has 2 rings (SSSR count). The van der Waals surface area contributed by atoms with Gasteiger partial charge < -0.3 is 5.32 Å². The van der Waals surface area contributed by atoms with Gasteiger partial charge in [0.2, 0.25) is 0 Å². The van der Waals surface area contributed by atoms with Gasteiger partial charge in [-0.25, -0.2) is 4.98 Å². The molecule has 1 aromatic heterocycles. The maximum absolute atomic E-state index is 4.49. The lowest BCUT2D eigenvalue weighted by Gasteiger charge is -2.23. The number of nitrogens with one attached hydrogen (secondary N) is 1. The van der Waals surface area contributed by atoms with Crippen molar-refractivity contribution in [2.24, 2.45) is 0 Å². The number of hydrogen-bond donors (Lipinski definition) is 1. The van der Waals surface area contributed by atoms with E-state index >= 15 is 0 Å². The highest BCUT2D eigenvalue weighted by Crippen LogP contribution is 2.17. The van der Waals surface area contributed by atoms with Crippen molar-refractivity contribution in [3.8, 4) is 0 Å². The summed E-state index contributed by atoms with van der Waals surface area (Å²) < 4.78 is 0. The van der Waals surface area contributed by atoms with Crippen molar-refractivity contribution in [3.05, 3.63) is 17.6 Å². The van der Waals surface area contributed by atoms with E-state index < -0.39 is 0 Å². The predicted molar refractivity (Wildman–Crippen MR) is 70.3 cm³/mol. The fraction of sp³-hybridized carbons (Fsp3) is 0.692. The molecule has 94 valence electrons. The Morgan fingerprint density at radius 2 is 2.24 bits per heavy atom. The minimum atomic E-state index is 0.656. The van der Waals surface area contributed by atoms with Crippen LogP contribution in [0, 0.1) is 13.8 Å². The van der Waals surface area contributed by atoms with Gasteiger partial charge in [0.25, 0.3) is 0 Å². The lowest BCUT2D eigenvalue weighted by molar-refractivity contribution is 0.277. The van der Waals surface area contributed by atoms with Crippen LogP contribution >= 0.6 is 0 Å². The summed E-state index contributed by atoms with van der Waals surface area (Å²) >= 11 is 0. The van der Waals surface area contributed by atoms with Crippen LogP contribution in [0.25, 0.3) is 0 Å². The number of hydrogen-bond acceptors (Lipinski definition) is 4. The van der Waals surface area contributed by atoms with Gasteiger partial charge in [-0.3, -0.25) is 9.88 Å². The molecule has 1 aromatic rings. The van der Waals surface area contributed by atoms with Crippen molar-refractivity contribution >= 4 is 5.82 Å². The number of rotatable bonds is 4. The minimum absolute atomic E-state index is 0.656. The third-order valence-corrected chi connectivity index (χ3v) is 3.62. The van der Waals surface area contributed by atoms with Gasteiger partial charge in [0.1, 0.15) is 5.82 Å². The third-order valence-electron chi connectivity index (χ3n) is 3.62. The molecule has 0 saturated carbocycles. The fourth-order valence-electron chi connectivity index (χ4n) is 2.39. The summed E-state index contributed by atoms with van der Waals surface area (Å²) in [5, 5.41) is 3.40. The van der Waals surface area contributed by atoms with Crippen molar-refractivity contribution in [3.63, 3.8) is 0 Å². The van der Waals surface area contributed by atoms with Crippen LogP contribution in [-0.4, -0.2) is 40.5 Å². The first-order valence-electron chi connectivity index (χ1n) is 6.49. The Morgan fingerprint density at radius 1 is 1.41 bits per heavy atom. The van der Waals surface area contributed by atoms with Gasteiger partial charge in [-0.2, -0.15) is 0 Å². The monoisotopic (exact) mass is 234 g/mol. The van der Waals surface area contributed by atoms with Crippen LogP contribution in [0.5, 0.6) is 0 Å². The van der Waals surface area contributed by atoms with Crippen LogP contribution in [0.4, 0.5) is 5.82 Å². The molecule has 1 atom stereocenters. The molecular weight excluding hydrogens is 212 g/mol. The van der Waals surface area contributed by atoms with E-state index in [2.05, 4.69) is 27.1 Å². The average Bonchev–Trinajstić information content (AvgIpc) is 2.78. The number of likely N-dealkylation sites (N-methyl/N-ethyl adjacent to an activating group) is 1. The molecule has 1 fully saturated rings. The second-order valence-electron chi connectivity index (χ2n) is 4.73. The van der Waals surface area contributed by atoms with Gasteiger partial charge in [-0.05, 0) is 39.8 Å². The van der Waals surface area contributed by atoms with E-state index in [1.165, 1.54) is 19.4 Å². The highest BCUT2D eigenvalue weighted by atomic mass is 15.2. The molecule has 1 aliphatic rings. The molecule has 0 radical (unpaired) electrons. The summed E-state index contributed by atoms with van der Waals surface area (Å²) in [6.07, 6.45) is 4.44. The van der Waals surface area contributed by atoms with E-state index in [1.807, 2.05) is 20.0 Å². The van der Waals surface area contributed by atoms with Crippen LogP contribution in [0.1, 0.15) is 31.2 Å². The average molecular weight is 234 g/mol. The molecule has 4 heteroatoms. The molecule has 1 saturated heterocycles. The molecule has 17 heavy (non-hydrogen) atoms. The molecular formula is C13H22N4. The van der Waals surface area contributed by atoms with Crippen molar-refractivity contribution in [1.82, 2.24) is 14.9 Å². The highest BCUT2D eigenvalue weighted by Gasteiger charge is 2.22. The molecule has 1 unspecified atom stereocenters. The molecule has 0 spiro atoms. The van der Waals surface area contributed by atoms with E-state index in [9.17, 15) is 0 Å². The Hall–Kier alpha value is -1.16.